The number of aromatic nitrogens is 4. The molecule has 1 fully saturated rings. The summed E-state index contributed by atoms with van der Waals surface area (Å²) in [7, 11) is 0. The van der Waals surface area contributed by atoms with Gasteiger partial charge in [0.25, 0.3) is 0 Å². The van der Waals surface area contributed by atoms with Gasteiger partial charge < -0.3 is 9.64 Å². The van der Waals surface area contributed by atoms with Crippen molar-refractivity contribution >= 4 is 5.95 Å². The van der Waals surface area contributed by atoms with E-state index in [1.807, 2.05) is 0 Å². The van der Waals surface area contributed by atoms with Crippen molar-refractivity contribution in [1.82, 2.24) is 20.2 Å². The summed E-state index contributed by atoms with van der Waals surface area (Å²) >= 11 is 0. The molecule has 6 nitrogen and oxygen atoms in total. The maximum absolute atomic E-state index is 13.9. The summed E-state index contributed by atoms with van der Waals surface area (Å²) in [5, 5.41) is 11.7. The molecule has 1 saturated heterocycles. The maximum Gasteiger partial charge on any atom is 0.245 e. The highest BCUT2D eigenvalue weighted by Crippen LogP contribution is 2.20. The first-order valence-electron chi connectivity index (χ1n) is 8.11. The molecule has 1 aromatic carbocycles. The van der Waals surface area contributed by atoms with Crippen LogP contribution in [0.15, 0.2) is 18.2 Å². The van der Waals surface area contributed by atoms with Crippen LogP contribution in [0.3, 0.4) is 0 Å². The molecule has 1 atom stereocenters. The van der Waals surface area contributed by atoms with E-state index in [1.165, 1.54) is 10.7 Å². The van der Waals surface area contributed by atoms with E-state index in [0.717, 1.165) is 25.1 Å². The predicted molar refractivity (Wildman–Crippen MR) is 84.7 cm³/mol. The molecule has 0 spiro atoms. The first kappa shape index (κ1) is 16.8. The van der Waals surface area contributed by atoms with Crippen LogP contribution in [0.1, 0.15) is 25.8 Å². The highest BCUT2D eigenvalue weighted by molar-refractivity contribution is 5.30. The molecule has 0 saturated carbocycles. The average molecular weight is 337 g/mol. The Morgan fingerprint density at radius 3 is 2.96 bits per heavy atom. The topological polar surface area (TPSA) is 56.1 Å². The van der Waals surface area contributed by atoms with E-state index < -0.39 is 11.6 Å². The fraction of sp³-hybridized carbons (Fsp3) is 0.562. The van der Waals surface area contributed by atoms with Crippen LogP contribution < -0.4 is 4.90 Å². The lowest BCUT2D eigenvalue weighted by atomic mass is 10.1. The minimum absolute atomic E-state index is 0.0790. The Morgan fingerprint density at radius 2 is 2.17 bits per heavy atom. The zero-order valence-corrected chi connectivity index (χ0v) is 13.8. The third-order valence-corrected chi connectivity index (χ3v) is 4.17. The van der Waals surface area contributed by atoms with Gasteiger partial charge in [0.15, 0.2) is 0 Å². The molecule has 0 bridgehead atoms. The quantitative estimate of drug-likeness (QED) is 0.856. The van der Waals surface area contributed by atoms with E-state index >= 15 is 0 Å². The van der Waals surface area contributed by atoms with Crippen molar-refractivity contribution in [3.8, 4) is 0 Å². The molecule has 0 N–H and O–H groups in total. The Hall–Kier alpha value is -2.09. The third kappa shape index (κ3) is 3.69. The Kier molecular flexibility index (Phi) is 5.03. The van der Waals surface area contributed by atoms with Crippen LogP contribution in [0.4, 0.5) is 14.7 Å². The van der Waals surface area contributed by atoms with Crippen molar-refractivity contribution in [2.45, 2.75) is 32.9 Å². The van der Waals surface area contributed by atoms with E-state index in [2.05, 4.69) is 34.3 Å². The van der Waals surface area contributed by atoms with Crippen LogP contribution in [0, 0.1) is 17.6 Å². The molecule has 130 valence electrons. The molecular formula is C16H21F2N5O. The Morgan fingerprint density at radius 1 is 1.33 bits per heavy atom. The van der Waals surface area contributed by atoms with Gasteiger partial charge in [-0.25, -0.2) is 13.5 Å². The molecule has 1 aliphatic heterocycles. The van der Waals surface area contributed by atoms with Gasteiger partial charge in [-0.05, 0) is 41.0 Å². The highest BCUT2D eigenvalue weighted by atomic mass is 19.1. The molecular weight excluding hydrogens is 316 g/mol. The van der Waals surface area contributed by atoms with Crippen LogP contribution in [-0.2, 0) is 11.3 Å². The predicted octanol–water partition coefficient (Wildman–Crippen LogP) is 2.25. The monoisotopic (exact) mass is 337 g/mol. The second-order valence-corrected chi connectivity index (χ2v) is 6.33. The molecule has 0 radical (unpaired) electrons. The van der Waals surface area contributed by atoms with E-state index in [-0.39, 0.29) is 18.2 Å². The second-order valence-electron chi connectivity index (χ2n) is 6.33. The largest absolute Gasteiger partial charge is 0.376 e. The van der Waals surface area contributed by atoms with Crippen LogP contribution in [0.5, 0.6) is 0 Å². The lowest BCUT2D eigenvalue weighted by Crippen LogP contribution is -2.36. The summed E-state index contributed by atoms with van der Waals surface area (Å²) in [5.41, 5.74) is 0.218. The van der Waals surface area contributed by atoms with Gasteiger partial charge >= 0.3 is 0 Å². The van der Waals surface area contributed by atoms with Gasteiger partial charge in [-0.2, -0.15) is 0 Å². The first-order chi connectivity index (χ1) is 11.5. The summed E-state index contributed by atoms with van der Waals surface area (Å²) < 4.78 is 34.6. The molecule has 0 amide bonds. The standard InChI is InChI=1S/C16H21F2N5O/c1-11(2)15-10-22(6-3-7-24-15)16-19-20-21-23(16)9-12-8-13(17)4-5-14(12)18/h4-5,8,11,15H,3,6-7,9-10H2,1-2H3. The average Bonchev–Trinajstić information content (AvgIpc) is 2.85. The Balaban J connectivity index is 1.83. The lowest BCUT2D eigenvalue weighted by molar-refractivity contribution is 0.0374. The Bertz CT molecular complexity index is 691. The summed E-state index contributed by atoms with van der Waals surface area (Å²) in [6.45, 7) is 6.42. The zero-order valence-electron chi connectivity index (χ0n) is 13.8. The molecule has 2 aromatic rings. The van der Waals surface area contributed by atoms with Gasteiger partial charge in [0.2, 0.25) is 5.95 Å². The van der Waals surface area contributed by atoms with Gasteiger partial charge in [0.1, 0.15) is 11.6 Å². The van der Waals surface area contributed by atoms with E-state index in [0.29, 0.717) is 25.0 Å². The molecule has 8 heteroatoms. The first-order valence-corrected chi connectivity index (χ1v) is 8.11. The molecule has 0 aliphatic carbocycles. The number of ether oxygens (including phenoxy) is 1. The van der Waals surface area contributed by atoms with Crippen molar-refractivity contribution in [1.29, 1.82) is 0 Å². The van der Waals surface area contributed by atoms with E-state index in [1.54, 1.807) is 0 Å². The lowest BCUT2D eigenvalue weighted by Gasteiger charge is -2.26. The number of hydrogen-bond donors (Lipinski definition) is 0. The smallest absolute Gasteiger partial charge is 0.245 e. The third-order valence-electron chi connectivity index (χ3n) is 4.17. The molecule has 3 rings (SSSR count). The van der Waals surface area contributed by atoms with Crippen LogP contribution >= 0.6 is 0 Å². The maximum atomic E-state index is 13.9. The van der Waals surface area contributed by atoms with Crippen LogP contribution in [0.25, 0.3) is 0 Å². The van der Waals surface area contributed by atoms with Crippen molar-refractivity contribution in [3.05, 3.63) is 35.4 Å². The number of halogens is 2. The van der Waals surface area contributed by atoms with Crippen molar-refractivity contribution in [3.63, 3.8) is 0 Å². The fourth-order valence-corrected chi connectivity index (χ4v) is 2.79. The van der Waals surface area contributed by atoms with E-state index in [4.69, 9.17) is 4.74 Å². The normalized spacial score (nSPS) is 18.9. The van der Waals surface area contributed by atoms with Gasteiger partial charge in [-0.1, -0.05) is 18.9 Å². The van der Waals surface area contributed by atoms with Gasteiger partial charge in [0.05, 0.1) is 12.6 Å². The number of anilines is 1. The second kappa shape index (κ2) is 7.21. The summed E-state index contributed by atoms with van der Waals surface area (Å²) in [6.07, 6.45) is 0.952. The molecule has 2 heterocycles. The van der Waals surface area contributed by atoms with Gasteiger partial charge in [-0.3, -0.25) is 0 Å². The van der Waals surface area contributed by atoms with Crippen molar-refractivity contribution < 1.29 is 13.5 Å². The van der Waals surface area contributed by atoms with Gasteiger partial charge in [-0.15, -0.1) is 0 Å². The fourth-order valence-electron chi connectivity index (χ4n) is 2.79. The van der Waals surface area contributed by atoms with Crippen LogP contribution in [-0.4, -0.2) is 46.0 Å². The minimum Gasteiger partial charge on any atom is -0.376 e. The molecule has 1 unspecified atom stereocenters. The SMILES string of the molecule is CC(C)C1CN(c2nnnn2Cc2cc(F)ccc2F)CCCO1. The van der Waals surface area contributed by atoms with Crippen molar-refractivity contribution in [2.75, 3.05) is 24.6 Å². The highest BCUT2D eigenvalue weighted by Gasteiger charge is 2.25. The number of tetrazole rings is 1. The summed E-state index contributed by atoms with van der Waals surface area (Å²) in [4.78, 5) is 2.05. The zero-order chi connectivity index (χ0) is 17.1. The number of rotatable bonds is 4. The van der Waals surface area contributed by atoms with E-state index in [9.17, 15) is 8.78 Å². The molecule has 1 aromatic heterocycles. The Labute approximate surface area is 139 Å². The van der Waals surface area contributed by atoms with Crippen LogP contribution in [0.2, 0.25) is 0 Å². The number of benzene rings is 1. The summed E-state index contributed by atoms with van der Waals surface area (Å²) in [6, 6.07) is 3.38. The molecule has 1 aliphatic rings. The van der Waals surface area contributed by atoms with Gasteiger partial charge in [0, 0.05) is 25.3 Å². The molecule has 24 heavy (non-hydrogen) atoms. The number of hydrogen-bond acceptors (Lipinski definition) is 5. The minimum atomic E-state index is -0.482. The summed E-state index contributed by atoms with van der Waals surface area (Å²) in [5.74, 6) is -0.0356. The van der Waals surface area contributed by atoms with Crippen molar-refractivity contribution in [2.24, 2.45) is 5.92 Å². The number of nitrogens with zero attached hydrogens (tertiary/aromatic N) is 5.